The average Bonchev–Trinajstić information content (AvgIpc) is 2.68. The summed E-state index contributed by atoms with van der Waals surface area (Å²) < 4.78 is 1.77. The van der Waals surface area contributed by atoms with Gasteiger partial charge in [0.25, 0.3) is 0 Å². The number of nitrogens with one attached hydrogen (secondary N) is 1. The van der Waals surface area contributed by atoms with Gasteiger partial charge in [0, 0.05) is 6.20 Å². The van der Waals surface area contributed by atoms with Crippen LogP contribution in [-0.2, 0) is 0 Å². The van der Waals surface area contributed by atoms with Crippen molar-refractivity contribution < 1.29 is 9.90 Å². The summed E-state index contributed by atoms with van der Waals surface area (Å²) >= 11 is 0. The molecule has 92 valence electrons. The van der Waals surface area contributed by atoms with E-state index in [0.717, 1.165) is 25.9 Å². The van der Waals surface area contributed by atoms with E-state index in [4.69, 9.17) is 5.11 Å². The van der Waals surface area contributed by atoms with E-state index < -0.39 is 5.97 Å². The van der Waals surface area contributed by atoms with Crippen LogP contribution in [-0.4, -0.2) is 33.9 Å². The fraction of sp³-hybridized carbons (Fsp3) is 0.556. The van der Waals surface area contributed by atoms with Gasteiger partial charge in [-0.05, 0) is 32.0 Å². The molecule has 2 heterocycles. The Morgan fingerprint density at radius 2 is 2.06 bits per heavy atom. The number of aromatic nitrogens is 2. The number of nitrogens with zero attached hydrogens (tertiary/aromatic N) is 2. The summed E-state index contributed by atoms with van der Waals surface area (Å²) in [5.74, 6) is -0.960. The molecule has 1 aromatic rings. The van der Waals surface area contributed by atoms with E-state index in [0.29, 0.717) is 6.04 Å². The maximum atomic E-state index is 10.6. The fourth-order valence-electron chi connectivity index (χ4n) is 1.73. The minimum atomic E-state index is -0.960. The molecule has 0 amide bonds. The Labute approximate surface area is 106 Å². The van der Waals surface area contributed by atoms with Crippen molar-refractivity contribution in [1.29, 1.82) is 0 Å². The lowest BCUT2D eigenvalue weighted by atomic mass is 10.1. The molecule has 2 rings (SSSR count). The Kier molecular flexibility index (Phi) is 6.40. The molecule has 5 nitrogen and oxygen atoms in total. The van der Waals surface area contributed by atoms with Gasteiger partial charge in [0.1, 0.15) is 0 Å². The zero-order valence-electron chi connectivity index (χ0n) is 8.63. The van der Waals surface area contributed by atoms with Crippen molar-refractivity contribution in [3.63, 3.8) is 0 Å². The Bertz CT molecular complexity index is 337. The number of halogens is 2. The number of piperidine rings is 1. The standard InChI is InChI=1S/C9H13N3O2.2ClH/c13-9(14)8-3-6-12(11-8)7-1-4-10-5-2-7;;/h3,6-7,10H,1-2,4-5H2,(H,13,14);2*1H. The number of aromatic carboxylic acids is 1. The first-order valence-corrected chi connectivity index (χ1v) is 4.76. The second-order valence-corrected chi connectivity index (χ2v) is 3.47. The molecule has 1 aromatic heterocycles. The van der Waals surface area contributed by atoms with E-state index in [1.807, 2.05) is 0 Å². The smallest absolute Gasteiger partial charge is 0.356 e. The first-order chi connectivity index (χ1) is 6.77. The molecule has 1 fully saturated rings. The molecule has 0 unspecified atom stereocenters. The van der Waals surface area contributed by atoms with Gasteiger partial charge in [-0.1, -0.05) is 0 Å². The van der Waals surface area contributed by atoms with Gasteiger partial charge >= 0.3 is 5.97 Å². The number of carboxylic acid groups (broad SMARTS) is 1. The summed E-state index contributed by atoms with van der Waals surface area (Å²) in [5.41, 5.74) is 0.128. The van der Waals surface area contributed by atoms with Crippen LogP contribution in [0.3, 0.4) is 0 Å². The summed E-state index contributed by atoms with van der Waals surface area (Å²) in [4.78, 5) is 10.6. The zero-order valence-corrected chi connectivity index (χ0v) is 10.3. The van der Waals surface area contributed by atoms with Crippen LogP contribution in [0.2, 0.25) is 0 Å². The second-order valence-electron chi connectivity index (χ2n) is 3.47. The third-order valence-electron chi connectivity index (χ3n) is 2.51. The highest BCUT2D eigenvalue weighted by atomic mass is 35.5. The van der Waals surface area contributed by atoms with Crippen molar-refractivity contribution in [3.8, 4) is 0 Å². The predicted molar refractivity (Wildman–Crippen MR) is 64.8 cm³/mol. The highest BCUT2D eigenvalue weighted by Crippen LogP contribution is 2.17. The largest absolute Gasteiger partial charge is 0.476 e. The van der Waals surface area contributed by atoms with E-state index in [1.165, 1.54) is 0 Å². The van der Waals surface area contributed by atoms with Gasteiger partial charge in [0.15, 0.2) is 5.69 Å². The van der Waals surface area contributed by atoms with E-state index in [9.17, 15) is 4.79 Å². The molecule has 0 saturated carbocycles. The van der Waals surface area contributed by atoms with Crippen LogP contribution in [0.15, 0.2) is 12.3 Å². The van der Waals surface area contributed by atoms with E-state index >= 15 is 0 Å². The van der Waals surface area contributed by atoms with Crippen molar-refractivity contribution in [2.45, 2.75) is 18.9 Å². The molecule has 0 spiro atoms. The molecule has 7 heteroatoms. The predicted octanol–water partition coefficient (Wildman–Crippen LogP) is 1.35. The van der Waals surface area contributed by atoms with Crippen LogP contribution >= 0.6 is 24.8 Å². The van der Waals surface area contributed by atoms with Crippen LogP contribution < -0.4 is 5.32 Å². The van der Waals surface area contributed by atoms with Crippen LogP contribution in [0, 0.1) is 0 Å². The van der Waals surface area contributed by atoms with E-state index in [2.05, 4.69) is 10.4 Å². The number of hydrogen-bond acceptors (Lipinski definition) is 3. The Morgan fingerprint density at radius 3 is 2.56 bits per heavy atom. The summed E-state index contributed by atoms with van der Waals surface area (Å²) in [6.07, 6.45) is 3.78. The van der Waals surface area contributed by atoms with E-state index in [-0.39, 0.29) is 30.5 Å². The monoisotopic (exact) mass is 267 g/mol. The molecule has 0 bridgehead atoms. The highest BCUT2D eigenvalue weighted by Gasteiger charge is 2.16. The van der Waals surface area contributed by atoms with Crippen LogP contribution in [0.1, 0.15) is 29.4 Å². The van der Waals surface area contributed by atoms with Crippen molar-refractivity contribution in [3.05, 3.63) is 18.0 Å². The SMILES string of the molecule is Cl.Cl.O=C(O)c1ccn(C2CCNCC2)n1. The molecular formula is C9H15Cl2N3O2. The van der Waals surface area contributed by atoms with Gasteiger partial charge < -0.3 is 10.4 Å². The fourth-order valence-corrected chi connectivity index (χ4v) is 1.73. The van der Waals surface area contributed by atoms with Gasteiger partial charge in [-0.2, -0.15) is 5.10 Å². The lowest BCUT2D eigenvalue weighted by molar-refractivity contribution is 0.0689. The molecule has 0 aromatic carbocycles. The van der Waals surface area contributed by atoms with Gasteiger partial charge in [0.2, 0.25) is 0 Å². The summed E-state index contributed by atoms with van der Waals surface area (Å²) in [6.45, 7) is 1.96. The molecule has 1 aliphatic rings. The normalized spacial score (nSPS) is 16.0. The topological polar surface area (TPSA) is 67.2 Å². The first-order valence-electron chi connectivity index (χ1n) is 4.76. The van der Waals surface area contributed by atoms with Crippen LogP contribution in [0.5, 0.6) is 0 Å². The van der Waals surface area contributed by atoms with Gasteiger partial charge in [-0.15, -0.1) is 24.8 Å². The van der Waals surface area contributed by atoms with Gasteiger partial charge in [0.05, 0.1) is 6.04 Å². The lowest BCUT2D eigenvalue weighted by Gasteiger charge is -2.22. The maximum Gasteiger partial charge on any atom is 0.356 e. The molecule has 0 radical (unpaired) electrons. The van der Waals surface area contributed by atoms with Crippen molar-refractivity contribution in [1.82, 2.24) is 15.1 Å². The molecule has 16 heavy (non-hydrogen) atoms. The van der Waals surface area contributed by atoms with Gasteiger partial charge in [-0.25, -0.2) is 4.79 Å². The van der Waals surface area contributed by atoms with Gasteiger partial charge in [-0.3, -0.25) is 4.68 Å². The minimum Gasteiger partial charge on any atom is -0.476 e. The van der Waals surface area contributed by atoms with Crippen molar-refractivity contribution >= 4 is 30.8 Å². The number of carbonyl (C=O) groups is 1. The Hall–Kier alpha value is -0.780. The van der Waals surface area contributed by atoms with Crippen LogP contribution in [0.25, 0.3) is 0 Å². The number of hydrogen-bond donors (Lipinski definition) is 2. The molecule has 1 saturated heterocycles. The third-order valence-corrected chi connectivity index (χ3v) is 2.51. The molecule has 0 atom stereocenters. The van der Waals surface area contributed by atoms with E-state index in [1.54, 1.807) is 16.9 Å². The van der Waals surface area contributed by atoms with Crippen molar-refractivity contribution in [2.24, 2.45) is 0 Å². The summed E-state index contributed by atoms with van der Waals surface area (Å²) in [5, 5.41) is 16.0. The molecule has 0 aliphatic carbocycles. The molecular weight excluding hydrogens is 253 g/mol. The highest BCUT2D eigenvalue weighted by molar-refractivity contribution is 5.85. The van der Waals surface area contributed by atoms with Crippen molar-refractivity contribution in [2.75, 3.05) is 13.1 Å². The lowest BCUT2D eigenvalue weighted by Crippen LogP contribution is -2.29. The zero-order chi connectivity index (χ0) is 9.97. The molecule has 1 aliphatic heterocycles. The minimum absolute atomic E-state index is 0. The number of carboxylic acids is 1. The Balaban J connectivity index is 0.00000112. The average molecular weight is 268 g/mol. The summed E-state index contributed by atoms with van der Waals surface area (Å²) in [6, 6.07) is 1.90. The maximum absolute atomic E-state index is 10.6. The second kappa shape index (κ2) is 6.73. The summed E-state index contributed by atoms with van der Waals surface area (Å²) in [7, 11) is 0. The first kappa shape index (κ1) is 15.2. The quantitative estimate of drug-likeness (QED) is 0.849. The third kappa shape index (κ3) is 3.37. The Morgan fingerprint density at radius 1 is 1.44 bits per heavy atom. The van der Waals surface area contributed by atoms with Crippen LogP contribution in [0.4, 0.5) is 0 Å². The molecule has 2 N–H and O–H groups in total. The number of rotatable bonds is 2.